The van der Waals surface area contributed by atoms with Crippen LogP contribution in [-0.4, -0.2) is 28.4 Å². The average molecular weight is 246 g/mol. The SMILES string of the molecule is Nc1nc(Cl)cc(SC2CCOCC2)n1. The Morgan fingerprint density at radius 2 is 2.13 bits per heavy atom. The lowest BCUT2D eigenvalue weighted by Crippen LogP contribution is -2.17. The molecule has 1 aromatic heterocycles. The molecule has 0 spiro atoms. The summed E-state index contributed by atoms with van der Waals surface area (Å²) < 4.78 is 5.29. The standard InChI is InChI=1S/C9H12ClN3OS/c10-7-5-8(13-9(11)12-7)15-6-1-3-14-4-2-6/h5-6H,1-4H2,(H2,11,12,13). The van der Waals surface area contributed by atoms with E-state index in [-0.39, 0.29) is 5.95 Å². The highest BCUT2D eigenvalue weighted by Gasteiger charge is 2.16. The number of ether oxygens (including phenoxy) is 1. The van der Waals surface area contributed by atoms with Crippen LogP contribution in [0.2, 0.25) is 5.15 Å². The quantitative estimate of drug-likeness (QED) is 0.808. The summed E-state index contributed by atoms with van der Waals surface area (Å²) in [7, 11) is 0. The van der Waals surface area contributed by atoms with E-state index < -0.39 is 0 Å². The number of halogens is 1. The van der Waals surface area contributed by atoms with Crippen molar-refractivity contribution in [2.24, 2.45) is 0 Å². The molecule has 0 atom stereocenters. The van der Waals surface area contributed by atoms with Gasteiger partial charge in [-0.25, -0.2) is 9.97 Å². The Morgan fingerprint density at radius 3 is 2.80 bits per heavy atom. The van der Waals surface area contributed by atoms with Gasteiger partial charge in [0.05, 0.1) is 0 Å². The van der Waals surface area contributed by atoms with Crippen molar-refractivity contribution in [1.29, 1.82) is 0 Å². The maximum atomic E-state index is 5.80. The van der Waals surface area contributed by atoms with Crippen LogP contribution < -0.4 is 5.73 Å². The number of hydrogen-bond donors (Lipinski definition) is 1. The predicted molar refractivity (Wildman–Crippen MR) is 61.2 cm³/mol. The number of anilines is 1. The Hall–Kier alpha value is -0.520. The minimum Gasteiger partial charge on any atom is -0.381 e. The zero-order valence-corrected chi connectivity index (χ0v) is 9.72. The molecule has 1 aliphatic heterocycles. The molecule has 6 heteroatoms. The second-order valence-electron chi connectivity index (χ2n) is 3.32. The third-order valence-corrected chi connectivity index (χ3v) is 3.59. The molecule has 0 amide bonds. The van der Waals surface area contributed by atoms with E-state index in [9.17, 15) is 0 Å². The van der Waals surface area contributed by atoms with Gasteiger partial charge in [0.25, 0.3) is 0 Å². The summed E-state index contributed by atoms with van der Waals surface area (Å²) in [6.45, 7) is 1.65. The number of hydrogen-bond acceptors (Lipinski definition) is 5. The molecular formula is C9H12ClN3OS. The van der Waals surface area contributed by atoms with Gasteiger partial charge in [-0.2, -0.15) is 0 Å². The van der Waals surface area contributed by atoms with E-state index in [4.69, 9.17) is 22.1 Å². The van der Waals surface area contributed by atoms with Crippen LogP contribution >= 0.6 is 23.4 Å². The van der Waals surface area contributed by atoms with Crippen LogP contribution in [0.1, 0.15) is 12.8 Å². The normalized spacial score (nSPS) is 17.9. The fourth-order valence-corrected chi connectivity index (χ4v) is 2.79. The molecule has 4 nitrogen and oxygen atoms in total. The number of aromatic nitrogens is 2. The number of rotatable bonds is 2. The van der Waals surface area contributed by atoms with Crippen molar-refractivity contribution < 1.29 is 4.74 Å². The highest BCUT2D eigenvalue weighted by atomic mass is 35.5. The highest BCUT2D eigenvalue weighted by Crippen LogP contribution is 2.29. The molecule has 82 valence electrons. The van der Waals surface area contributed by atoms with Crippen molar-refractivity contribution in [2.45, 2.75) is 23.1 Å². The van der Waals surface area contributed by atoms with Gasteiger partial charge in [-0.15, -0.1) is 11.8 Å². The van der Waals surface area contributed by atoms with Gasteiger partial charge in [-0.1, -0.05) is 11.6 Å². The zero-order valence-electron chi connectivity index (χ0n) is 8.15. The van der Waals surface area contributed by atoms with Crippen molar-refractivity contribution in [1.82, 2.24) is 9.97 Å². The van der Waals surface area contributed by atoms with E-state index in [0.29, 0.717) is 10.4 Å². The molecule has 1 fully saturated rings. The summed E-state index contributed by atoms with van der Waals surface area (Å²) in [5.41, 5.74) is 5.52. The van der Waals surface area contributed by atoms with Crippen molar-refractivity contribution in [3.63, 3.8) is 0 Å². The molecule has 0 unspecified atom stereocenters. The lowest BCUT2D eigenvalue weighted by molar-refractivity contribution is 0.1000. The first-order valence-electron chi connectivity index (χ1n) is 4.78. The Kier molecular flexibility index (Phi) is 3.66. The molecular weight excluding hydrogens is 234 g/mol. The fourth-order valence-electron chi connectivity index (χ4n) is 1.44. The average Bonchev–Trinajstić information content (AvgIpc) is 2.17. The Labute approximate surface area is 97.6 Å². The Balaban J connectivity index is 2.02. The van der Waals surface area contributed by atoms with E-state index in [0.717, 1.165) is 31.1 Å². The third-order valence-electron chi connectivity index (χ3n) is 2.14. The summed E-state index contributed by atoms with van der Waals surface area (Å²) >= 11 is 7.50. The number of nitrogens with zero attached hydrogens (tertiary/aromatic N) is 2. The summed E-state index contributed by atoms with van der Waals surface area (Å²) in [5, 5.41) is 1.79. The van der Waals surface area contributed by atoms with E-state index in [2.05, 4.69) is 9.97 Å². The lowest BCUT2D eigenvalue weighted by Gasteiger charge is -2.20. The van der Waals surface area contributed by atoms with Gasteiger partial charge >= 0.3 is 0 Å². The topological polar surface area (TPSA) is 61.0 Å². The molecule has 1 saturated heterocycles. The molecule has 15 heavy (non-hydrogen) atoms. The molecule has 0 bridgehead atoms. The van der Waals surface area contributed by atoms with Crippen LogP contribution in [0.4, 0.5) is 5.95 Å². The number of nitrogens with two attached hydrogens (primary N) is 1. The van der Waals surface area contributed by atoms with Crippen LogP contribution in [0.25, 0.3) is 0 Å². The van der Waals surface area contributed by atoms with Crippen LogP contribution in [0.15, 0.2) is 11.1 Å². The molecule has 0 aliphatic carbocycles. The molecule has 0 radical (unpaired) electrons. The Morgan fingerprint density at radius 1 is 1.40 bits per heavy atom. The summed E-state index contributed by atoms with van der Waals surface area (Å²) in [5.74, 6) is 0.233. The van der Waals surface area contributed by atoms with E-state index in [1.165, 1.54) is 0 Å². The van der Waals surface area contributed by atoms with Crippen LogP contribution in [-0.2, 0) is 4.74 Å². The molecule has 1 aliphatic rings. The predicted octanol–water partition coefficient (Wildman–Crippen LogP) is 1.98. The smallest absolute Gasteiger partial charge is 0.222 e. The van der Waals surface area contributed by atoms with Gasteiger partial charge in [0.2, 0.25) is 5.95 Å². The van der Waals surface area contributed by atoms with E-state index >= 15 is 0 Å². The molecule has 2 N–H and O–H groups in total. The van der Waals surface area contributed by atoms with Crippen LogP contribution in [0.3, 0.4) is 0 Å². The highest BCUT2D eigenvalue weighted by molar-refractivity contribution is 7.99. The number of thioether (sulfide) groups is 1. The summed E-state index contributed by atoms with van der Waals surface area (Å²) in [4.78, 5) is 7.95. The summed E-state index contributed by atoms with van der Waals surface area (Å²) in [6.07, 6.45) is 2.10. The third kappa shape index (κ3) is 3.22. The van der Waals surface area contributed by atoms with Crippen molar-refractivity contribution in [3.8, 4) is 0 Å². The maximum absolute atomic E-state index is 5.80. The first kappa shape index (κ1) is 11.0. The molecule has 2 rings (SSSR count). The first-order valence-corrected chi connectivity index (χ1v) is 6.04. The van der Waals surface area contributed by atoms with Crippen molar-refractivity contribution in [2.75, 3.05) is 18.9 Å². The maximum Gasteiger partial charge on any atom is 0.222 e. The molecule has 0 aromatic carbocycles. The molecule has 0 saturated carbocycles. The van der Waals surface area contributed by atoms with Gasteiger partial charge in [0.1, 0.15) is 10.2 Å². The largest absolute Gasteiger partial charge is 0.381 e. The monoisotopic (exact) mass is 245 g/mol. The van der Waals surface area contributed by atoms with E-state index in [1.807, 2.05) is 0 Å². The Bertz CT molecular complexity index is 324. The van der Waals surface area contributed by atoms with Crippen LogP contribution in [0.5, 0.6) is 0 Å². The first-order chi connectivity index (χ1) is 7.24. The fraction of sp³-hybridized carbons (Fsp3) is 0.556. The summed E-state index contributed by atoms with van der Waals surface area (Å²) in [6, 6.07) is 1.75. The molecule has 1 aromatic rings. The van der Waals surface area contributed by atoms with Gasteiger partial charge in [-0.05, 0) is 12.8 Å². The second-order valence-corrected chi connectivity index (χ2v) is 5.02. The van der Waals surface area contributed by atoms with Gasteiger partial charge in [-0.3, -0.25) is 0 Å². The van der Waals surface area contributed by atoms with E-state index in [1.54, 1.807) is 17.8 Å². The lowest BCUT2D eigenvalue weighted by atomic mass is 10.2. The number of nitrogen functional groups attached to an aromatic ring is 1. The van der Waals surface area contributed by atoms with Crippen molar-refractivity contribution >= 4 is 29.3 Å². The van der Waals surface area contributed by atoms with Crippen LogP contribution in [0, 0.1) is 0 Å². The van der Waals surface area contributed by atoms with Gasteiger partial charge in [0.15, 0.2) is 0 Å². The van der Waals surface area contributed by atoms with Crippen molar-refractivity contribution in [3.05, 3.63) is 11.2 Å². The molecule has 2 heterocycles. The van der Waals surface area contributed by atoms with Gasteiger partial charge in [0, 0.05) is 24.5 Å². The minimum absolute atomic E-state index is 0.233. The zero-order chi connectivity index (χ0) is 10.7. The van der Waals surface area contributed by atoms with Gasteiger partial charge < -0.3 is 10.5 Å². The minimum atomic E-state index is 0.233. The second kappa shape index (κ2) is 5.01.